The van der Waals surface area contributed by atoms with Gasteiger partial charge >= 0.3 is 8.56 Å². The van der Waals surface area contributed by atoms with E-state index in [2.05, 4.69) is 41.5 Å². The van der Waals surface area contributed by atoms with E-state index in [1.807, 2.05) is 0 Å². The minimum absolute atomic E-state index is 0.385. The SMILES string of the molecule is CCO[Si]1(OCC)C(C)C(C)(C)C1C. The molecule has 1 fully saturated rings. The second-order valence-electron chi connectivity index (χ2n) is 4.85. The average Bonchev–Trinajstić information content (AvgIpc) is 2.15. The largest absolute Gasteiger partial charge is 0.394 e. The summed E-state index contributed by atoms with van der Waals surface area (Å²) in [6.07, 6.45) is 0. The van der Waals surface area contributed by atoms with Crippen molar-refractivity contribution in [2.24, 2.45) is 5.41 Å². The Kier molecular flexibility index (Phi) is 3.44. The Morgan fingerprint density at radius 1 is 1.00 bits per heavy atom. The zero-order valence-corrected chi connectivity index (χ0v) is 11.4. The maximum absolute atomic E-state index is 5.98. The van der Waals surface area contributed by atoms with Gasteiger partial charge in [-0.3, -0.25) is 0 Å². The van der Waals surface area contributed by atoms with Crippen LogP contribution in [0, 0.1) is 5.41 Å². The van der Waals surface area contributed by atoms with Crippen LogP contribution < -0.4 is 0 Å². The molecule has 2 atom stereocenters. The molecule has 84 valence electrons. The molecule has 0 radical (unpaired) electrons. The van der Waals surface area contributed by atoms with Crippen molar-refractivity contribution in [3.63, 3.8) is 0 Å². The standard InChI is InChI=1S/C11H24O2Si/c1-7-12-14(13-8-2)9(3)11(5,6)10(14)4/h9-10H,7-8H2,1-6H3. The van der Waals surface area contributed by atoms with Gasteiger partial charge in [-0.25, -0.2) is 0 Å². The van der Waals surface area contributed by atoms with Crippen LogP contribution in [-0.4, -0.2) is 21.8 Å². The van der Waals surface area contributed by atoms with E-state index in [0.717, 1.165) is 13.2 Å². The van der Waals surface area contributed by atoms with Crippen LogP contribution in [0.1, 0.15) is 41.5 Å². The van der Waals surface area contributed by atoms with Crippen LogP contribution in [0.25, 0.3) is 0 Å². The van der Waals surface area contributed by atoms with Gasteiger partial charge in [0.1, 0.15) is 0 Å². The highest BCUT2D eigenvalue weighted by molar-refractivity contribution is 6.74. The number of hydrogen-bond acceptors (Lipinski definition) is 2. The van der Waals surface area contributed by atoms with Crippen molar-refractivity contribution < 1.29 is 8.85 Å². The first-order valence-corrected chi connectivity index (χ1v) is 7.68. The predicted molar refractivity (Wildman–Crippen MR) is 61.6 cm³/mol. The molecular formula is C11H24O2Si. The summed E-state index contributed by atoms with van der Waals surface area (Å²) in [4.78, 5) is 0. The van der Waals surface area contributed by atoms with Crippen molar-refractivity contribution >= 4 is 8.56 Å². The van der Waals surface area contributed by atoms with E-state index in [1.54, 1.807) is 0 Å². The van der Waals surface area contributed by atoms with Crippen LogP contribution in [0.3, 0.4) is 0 Å². The van der Waals surface area contributed by atoms with E-state index in [4.69, 9.17) is 8.85 Å². The van der Waals surface area contributed by atoms with Crippen LogP contribution in [0.15, 0.2) is 0 Å². The van der Waals surface area contributed by atoms with Gasteiger partial charge in [0.05, 0.1) is 0 Å². The van der Waals surface area contributed by atoms with Gasteiger partial charge < -0.3 is 8.85 Å². The van der Waals surface area contributed by atoms with Gasteiger partial charge in [0.15, 0.2) is 0 Å². The highest BCUT2D eigenvalue weighted by Gasteiger charge is 2.68. The van der Waals surface area contributed by atoms with E-state index in [0.29, 0.717) is 16.5 Å². The quantitative estimate of drug-likeness (QED) is 0.671. The molecule has 1 aliphatic rings. The smallest absolute Gasteiger partial charge is 0.345 e. The molecule has 2 nitrogen and oxygen atoms in total. The summed E-state index contributed by atoms with van der Waals surface area (Å²) in [5.74, 6) is 0. The first-order valence-electron chi connectivity index (χ1n) is 5.71. The average molecular weight is 216 g/mol. The van der Waals surface area contributed by atoms with Crippen LogP contribution >= 0.6 is 0 Å². The van der Waals surface area contributed by atoms with Crippen LogP contribution in [0.4, 0.5) is 0 Å². The summed E-state index contributed by atoms with van der Waals surface area (Å²) >= 11 is 0. The van der Waals surface area contributed by atoms with Crippen LogP contribution in [0.2, 0.25) is 11.1 Å². The van der Waals surface area contributed by atoms with E-state index in [9.17, 15) is 0 Å². The zero-order chi connectivity index (χ0) is 11.0. The van der Waals surface area contributed by atoms with Gasteiger partial charge in [0, 0.05) is 24.3 Å². The molecule has 0 bridgehead atoms. The highest BCUT2D eigenvalue weighted by Crippen LogP contribution is 2.64. The molecule has 0 aliphatic carbocycles. The van der Waals surface area contributed by atoms with E-state index < -0.39 is 8.56 Å². The lowest BCUT2D eigenvalue weighted by Crippen LogP contribution is -2.66. The van der Waals surface area contributed by atoms with E-state index >= 15 is 0 Å². The van der Waals surface area contributed by atoms with Crippen molar-refractivity contribution in [1.82, 2.24) is 0 Å². The first-order chi connectivity index (χ1) is 6.43. The Bertz CT molecular complexity index is 183. The lowest BCUT2D eigenvalue weighted by atomic mass is 9.84. The monoisotopic (exact) mass is 216 g/mol. The first kappa shape index (κ1) is 12.2. The molecular weight excluding hydrogens is 192 g/mol. The molecule has 1 saturated heterocycles. The molecule has 0 spiro atoms. The molecule has 0 N–H and O–H groups in total. The Morgan fingerprint density at radius 3 is 1.64 bits per heavy atom. The predicted octanol–water partition coefficient (Wildman–Crippen LogP) is 3.32. The third-order valence-electron chi connectivity index (χ3n) is 4.18. The van der Waals surface area contributed by atoms with Crippen molar-refractivity contribution in [3.8, 4) is 0 Å². The van der Waals surface area contributed by atoms with Gasteiger partial charge in [-0.05, 0) is 19.3 Å². The number of rotatable bonds is 4. The topological polar surface area (TPSA) is 18.5 Å². The molecule has 14 heavy (non-hydrogen) atoms. The molecule has 0 aromatic rings. The number of hydrogen-bond donors (Lipinski definition) is 0. The van der Waals surface area contributed by atoms with Gasteiger partial charge in [-0.1, -0.05) is 27.7 Å². The minimum atomic E-state index is -1.89. The second kappa shape index (κ2) is 3.95. The van der Waals surface area contributed by atoms with E-state index in [-0.39, 0.29) is 0 Å². The Hall–Kier alpha value is 0.137. The van der Waals surface area contributed by atoms with Crippen LogP contribution in [-0.2, 0) is 8.85 Å². The van der Waals surface area contributed by atoms with Crippen molar-refractivity contribution in [3.05, 3.63) is 0 Å². The van der Waals surface area contributed by atoms with Crippen molar-refractivity contribution in [2.45, 2.75) is 52.6 Å². The van der Waals surface area contributed by atoms with Gasteiger partial charge in [-0.15, -0.1) is 0 Å². The maximum atomic E-state index is 5.98. The summed E-state index contributed by atoms with van der Waals surface area (Å²) in [7, 11) is -1.89. The minimum Gasteiger partial charge on any atom is -0.394 e. The lowest BCUT2D eigenvalue weighted by molar-refractivity contribution is 0.0728. The maximum Gasteiger partial charge on any atom is 0.345 e. The summed E-state index contributed by atoms with van der Waals surface area (Å²) < 4.78 is 12.0. The highest BCUT2D eigenvalue weighted by atomic mass is 28.4. The molecule has 1 aliphatic heterocycles. The lowest BCUT2D eigenvalue weighted by Gasteiger charge is -2.60. The fraction of sp³-hybridized carbons (Fsp3) is 1.00. The molecule has 0 saturated carbocycles. The van der Waals surface area contributed by atoms with Crippen LogP contribution in [0.5, 0.6) is 0 Å². The molecule has 1 heterocycles. The summed E-state index contributed by atoms with van der Waals surface area (Å²) in [6.45, 7) is 14.9. The Labute approximate surface area is 89.2 Å². The van der Waals surface area contributed by atoms with Crippen molar-refractivity contribution in [1.29, 1.82) is 0 Å². The zero-order valence-electron chi connectivity index (χ0n) is 10.4. The van der Waals surface area contributed by atoms with E-state index in [1.165, 1.54) is 0 Å². The summed E-state index contributed by atoms with van der Waals surface area (Å²) in [5, 5.41) is 0. The second-order valence-corrected chi connectivity index (χ2v) is 8.60. The fourth-order valence-electron chi connectivity index (χ4n) is 2.68. The van der Waals surface area contributed by atoms with Crippen molar-refractivity contribution in [2.75, 3.05) is 13.2 Å². The third-order valence-corrected chi connectivity index (χ3v) is 9.56. The van der Waals surface area contributed by atoms with Gasteiger partial charge in [0.2, 0.25) is 0 Å². The molecule has 2 unspecified atom stereocenters. The summed E-state index contributed by atoms with van der Waals surface area (Å²) in [6, 6.07) is 0. The molecule has 0 aromatic heterocycles. The Balaban J connectivity index is 2.80. The molecule has 1 rings (SSSR count). The molecule has 3 heteroatoms. The Morgan fingerprint density at radius 2 is 1.36 bits per heavy atom. The molecule has 0 aromatic carbocycles. The third kappa shape index (κ3) is 1.46. The van der Waals surface area contributed by atoms with Gasteiger partial charge in [-0.2, -0.15) is 0 Å². The van der Waals surface area contributed by atoms with Gasteiger partial charge in [0.25, 0.3) is 0 Å². The summed E-state index contributed by atoms with van der Waals surface area (Å²) in [5.41, 5.74) is 1.59. The molecule has 0 amide bonds. The normalized spacial score (nSPS) is 33.9. The fourth-order valence-corrected chi connectivity index (χ4v) is 7.72.